The van der Waals surface area contributed by atoms with E-state index in [-0.39, 0.29) is 23.0 Å². The molecule has 2 fully saturated rings. The number of fused-ring (bicyclic) bond motifs is 1. The third kappa shape index (κ3) is 4.87. The van der Waals surface area contributed by atoms with E-state index >= 15 is 0 Å². The van der Waals surface area contributed by atoms with Crippen LogP contribution in [0.25, 0.3) is 0 Å². The van der Waals surface area contributed by atoms with E-state index in [1.807, 2.05) is 19.9 Å². The molecule has 1 N–H and O–H groups in total. The van der Waals surface area contributed by atoms with Gasteiger partial charge in [-0.05, 0) is 51.3 Å². The molecule has 0 aromatic heterocycles. The zero-order valence-corrected chi connectivity index (χ0v) is 17.8. The summed E-state index contributed by atoms with van der Waals surface area (Å²) in [4.78, 5) is 16.3. The van der Waals surface area contributed by atoms with Gasteiger partial charge in [0, 0.05) is 23.5 Å². The Morgan fingerprint density at radius 3 is 2.81 bits per heavy atom. The first-order chi connectivity index (χ1) is 12.9. The predicted octanol–water partition coefficient (Wildman–Crippen LogP) is 3.09. The minimum absolute atomic E-state index is 0.000107. The van der Waals surface area contributed by atoms with Crippen molar-refractivity contribution in [3.63, 3.8) is 0 Å². The Hall–Kier alpha value is -1.05. The van der Waals surface area contributed by atoms with Crippen LogP contribution in [0.2, 0.25) is 0 Å². The summed E-state index contributed by atoms with van der Waals surface area (Å²) in [6.45, 7) is 5.93. The van der Waals surface area contributed by atoms with Gasteiger partial charge in [0.2, 0.25) is 5.91 Å². The molecule has 2 heterocycles. The monoisotopic (exact) mass is 410 g/mol. The maximum Gasteiger partial charge on any atom is 0.233 e. The van der Waals surface area contributed by atoms with Gasteiger partial charge in [-0.2, -0.15) is 0 Å². The molecule has 0 aliphatic carbocycles. The normalized spacial score (nSPS) is 24.4. The van der Waals surface area contributed by atoms with Gasteiger partial charge in [-0.25, -0.2) is 8.42 Å². The van der Waals surface area contributed by atoms with Crippen LogP contribution in [0.5, 0.6) is 0 Å². The summed E-state index contributed by atoms with van der Waals surface area (Å²) in [5.74, 6) is 0.130. The zero-order valence-electron chi connectivity index (χ0n) is 16.2. The summed E-state index contributed by atoms with van der Waals surface area (Å²) < 4.78 is 25.0. The Labute approximate surface area is 167 Å². The van der Waals surface area contributed by atoms with Crippen molar-refractivity contribution in [2.75, 3.05) is 18.8 Å². The molecule has 0 radical (unpaired) electrons. The summed E-state index contributed by atoms with van der Waals surface area (Å²) in [5, 5.41) is 2.90. The third-order valence-electron chi connectivity index (χ3n) is 5.51. The predicted molar refractivity (Wildman–Crippen MR) is 110 cm³/mol. The second kappa shape index (κ2) is 8.97. The molecule has 1 aromatic rings. The Kier molecular flexibility index (Phi) is 6.87. The van der Waals surface area contributed by atoms with Crippen molar-refractivity contribution in [3.8, 4) is 0 Å². The average Bonchev–Trinajstić information content (AvgIpc) is 3.05. The lowest BCUT2D eigenvalue weighted by atomic mass is 9.99. The fraction of sp³-hybridized carbons (Fsp3) is 0.650. The van der Waals surface area contributed by atoms with Crippen LogP contribution >= 0.6 is 11.8 Å². The summed E-state index contributed by atoms with van der Waals surface area (Å²) >= 11 is 1.34. The minimum Gasteiger partial charge on any atom is -0.351 e. The van der Waals surface area contributed by atoms with E-state index in [0.29, 0.717) is 22.3 Å². The largest absolute Gasteiger partial charge is 0.351 e. The lowest BCUT2D eigenvalue weighted by Crippen LogP contribution is -2.48. The van der Waals surface area contributed by atoms with Crippen molar-refractivity contribution >= 4 is 27.5 Å². The lowest BCUT2D eigenvalue weighted by Gasteiger charge is -2.32. The van der Waals surface area contributed by atoms with Crippen molar-refractivity contribution in [1.29, 1.82) is 0 Å². The van der Waals surface area contributed by atoms with Crippen molar-refractivity contribution in [2.24, 2.45) is 0 Å². The van der Waals surface area contributed by atoms with Crippen LogP contribution in [0.4, 0.5) is 0 Å². The van der Waals surface area contributed by atoms with Crippen LogP contribution < -0.4 is 5.32 Å². The molecule has 7 heteroatoms. The van der Waals surface area contributed by atoms with Gasteiger partial charge in [0.05, 0.1) is 15.9 Å². The van der Waals surface area contributed by atoms with Gasteiger partial charge in [0.25, 0.3) is 0 Å². The quantitative estimate of drug-likeness (QED) is 0.700. The van der Waals surface area contributed by atoms with Gasteiger partial charge in [-0.15, -0.1) is 11.8 Å². The number of nitrogens with zero attached hydrogens (tertiary/aromatic N) is 1. The molecule has 3 unspecified atom stereocenters. The van der Waals surface area contributed by atoms with Gasteiger partial charge in [0.15, 0.2) is 9.84 Å². The topological polar surface area (TPSA) is 66.5 Å². The molecule has 0 spiro atoms. The molecule has 1 amide bonds. The molecular formula is C20H30N2O3S2. The lowest BCUT2D eigenvalue weighted by molar-refractivity contribution is -0.121. The SMILES string of the molecule is CCCS(=O)(=O)c1ccccc1SC(C)C(=O)NC1CCN2CCCCC12. The fourth-order valence-corrected chi connectivity index (χ4v) is 6.98. The van der Waals surface area contributed by atoms with Gasteiger partial charge in [0.1, 0.15) is 0 Å². The van der Waals surface area contributed by atoms with E-state index < -0.39 is 9.84 Å². The van der Waals surface area contributed by atoms with E-state index in [1.165, 1.54) is 24.6 Å². The van der Waals surface area contributed by atoms with Crippen LogP contribution in [0, 0.1) is 0 Å². The summed E-state index contributed by atoms with van der Waals surface area (Å²) in [5.41, 5.74) is 0. The number of piperidine rings is 1. The minimum atomic E-state index is -3.31. The number of rotatable bonds is 7. The highest BCUT2D eigenvalue weighted by Crippen LogP contribution is 2.32. The van der Waals surface area contributed by atoms with Gasteiger partial charge >= 0.3 is 0 Å². The number of sulfone groups is 1. The van der Waals surface area contributed by atoms with Gasteiger partial charge in [-0.3, -0.25) is 9.69 Å². The van der Waals surface area contributed by atoms with Crippen molar-refractivity contribution in [3.05, 3.63) is 24.3 Å². The smallest absolute Gasteiger partial charge is 0.233 e. The van der Waals surface area contributed by atoms with E-state index in [1.54, 1.807) is 18.2 Å². The van der Waals surface area contributed by atoms with Crippen LogP contribution in [-0.2, 0) is 14.6 Å². The van der Waals surface area contributed by atoms with Crippen LogP contribution in [0.1, 0.15) is 46.0 Å². The van der Waals surface area contributed by atoms with E-state index in [0.717, 1.165) is 25.9 Å². The maximum absolute atomic E-state index is 12.8. The second-order valence-electron chi connectivity index (χ2n) is 7.53. The fourth-order valence-electron chi connectivity index (χ4n) is 4.14. The Morgan fingerprint density at radius 1 is 1.26 bits per heavy atom. The molecule has 5 nitrogen and oxygen atoms in total. The standard InChI is InChI=1S/C20H30N2O3S2/c1-3-14-27(24,25)19-10-5-4-9-18(19)26-15(2)20(23)21-16-11-13-22-12-7-6-8-17(16)22/h4-5,9-10,15-17H,3,6-8,11-14H2,1-2H3,(H,21,23). The zero-order chi connectivity index (χ0) is 19.4. The van der Waals surface area contributed by atoms with Gasteiger partial charge in [-0.1, -0.05) is 25.5 Å². The highest BCUT2D eigenvalue weighted by atomic mass is 32.2. The number of hydrogen-bond acceptors (Lipinski definition) is 5. The molecule has 0 saturated carbocycles. The summed E-state index contributed by atoms with van der Waals surface area (Å²) in [6, 6.07) is 7.71. The molecule has 1 aromatic carbocycles. The number of nitrogens with one attached hydrogen (secondary N) is 1. The average molecular weight is 411 g/mol. The molecule has 2 aliphatic rings. The first kappa shape index (κ1) is 20.7. The van der Waals surface area contributed by atoms with E-state index in [2.05, 4.69) is 10.2 Å². The van der Waals surface area contributed by atoms with Crippen LogP contribution in [0.3, 0.4) is 0 Å². The van der Waals surface area contributed by atoms with Crippen molar-refractivity contribution < 1.29 is 13.2 Å². The molecule has 150 valence electrons. The van der Waals surface area contributed by atoms with E-state index in [9.17, 15) is 13.2 Å². The number of hydrogen-bond donors (Lipinski definition) is 1. The third-order valence-corrected chi connectivity index (χ3v) is 8.79. The summed E-state index contributed by atoms with van der Waals surface area (Å²) in [6.07, 6.45) is 5.24. The Bertz CT molecular complexity index is 766. The Morgan fingerprint density at radius 2 is 2.04 bits per heavy atom. The molecule has 27 heavy (non-hydrogen) atoms. The van der Waals surface area contributed by atoms with Gasteiger partial charge < -0.3 is 5.32 Å². The molecule has 2 aliphatic heterocycles. The molecule has 3 rings (SSSR count). The van der Waals surface area contributed by atoms with Crippen LogP contribution in [0.15, 0.2) is 34.1 Å². The highest BCUT2D eigenvalue weighted by Gasteiger charge is 2.36. The molecule has 2 saturated heterocycles. The van der Waals surface area contributed by atoms with Crippen molar-refractivity contribution in [1.82, 2.24) is 10.2 Å². The van der Waals surface area contributed by atoms with Crippen molar-refractivity contribution in [2.45, 2.75) is 73.1 Å². The first-order valence-corrected chi connectivity index (χ1v) is 12.5. The second-order valence-corrected chi connectivity index (χ2v) is 11.0. The molecular weight excluding hydrogens is 380 g/mol. The van der Waals surface area contributed by atoms with E-state index in [4.69, 9.17) is 0 Å². The molecule has 3 atom stereocenters. The maximum atomic E-state index is 12.8. The number of carbonyl (C=O) groups excluding carboxylic acids is 1. The number of thioether (sulfide) groups is 1. The molecule has 0 bridgehead atoms. The number of amides is 1. The number of benzene rings is 1. The van der Waals surface area contributed by atoms with Crippen LogP contribution in [-0.4, -0.2) is 55.4 Å². The Balaban J connectivity index is 1.65. The number of carbonyl (C=O) groups is 1. The summed E-state index contributed by atoms with van der Waals surface area (Å²) in [7, 11) is -3.31. The highest BCUT2D eigenvalue weighted by molar-refractivity contribution is 8.01. The first-order valence-electron chi connectivity index (χ1n) is 9.95.